The van der Waals surface area contributed by atoms with Crippen molar-refractivity contribution < 1.29 is 28.7 Å². The Morgan fingerprint density at radius 3 is 2.58 bits per heavy atom. The molecule has 0 aromatic heterocycles. The first kappa shape index (κ1) is 22.5. The van der Waals surface area contributed by atoms with Gasteiger partial charge in [0.15, 0.2) is 6.61 Å². The second kappa shape index (κ2) is 10.2. The second-order valence-corrected chi connectivity index (χ2v) is 7.34. The maximum atomic E-state index is 12.2. The van der Waals surface area contributed by atoms with Crippen molar-refractivity contribution in [2.75, 3.05) is 32.1 Å². The highest BCUT2D eigenvalue weighted by Crippen LogP contribution is 2.17. The van der Waals surface area contributed by atoms with Crippen molar-refractivity contribution in [1.29, 1.82) is 0 Å². The first-order chi connectivity index (χ1) is 14.8. The van der Waals surface area contributed by atoms with Crippen LogP contribution in [0.25, 0.3) is 0 Å². The number of ether oxygens (including phenoxy) is 2. The number of nitrogens with one attached hydrogen (secondary N) is 1. The number of rotatable bonds is 7. The third-order valence-electron chi connectivity index (χ3n) is 4.68. The summed E-state index contributed by atoms with van der Waals surface area (Å²) >= 11 is 5.96. The summed E-state index contributed by atoms with van der Waals surface area (Å²) in [5, 5.41) is 2.95. The minimum Gasteiger partial charge on any atom is -0.454 e. The first-order valence-electron chi connectivity index (χ1n) is 9.56. The summed E-state index contributed by atoms with van der Waals surface area (Å²) in [6, 6.07) is 12.5. The molecule has 0 spiro atoms. The van der Waals surface area contributed by atoms with E-state index in [2.05, 4.69) is 5.32 Å². The zero-order valence-corrected chi connectivity index (χ0v) is 17.6. The number of hydrogen-bond acceptors (Lipinski definition) is 6. The average molecular weight is 445 g/mol. The molecule has 1 unspecified atom stereocenters. The Kier molecular flexibility index (Phi) is 7.38. The van der Waals surface area contributed by atoms with Gasteiger partial charge in [0, 0.05) is 24.8 Å². The van der Waals surface area contributed by atoms with Crippen molar-refractivity contribution >= 4 is 40.9 Å². The van der Waals surface area contributed by atoms with E-state index in [-0.39, 0.29) is 34.4 Å². The lowest BCUT2D eigenvalue weighted by Gasteiger charge is -2.29. The number of likely N-dealkylation sites (N-methyl/N-ethyl adjacent to an activating group) is 1. The lowest BCUT2D eigenvalue weighted by Crippen LogP contribution is -2.46. The van der Waals surface area contributed by atoms with Crippen molar-refractivity contribution in [3.8, 4) is 0 Å². The summed E-state index contributed by atoms with van der Waals surface area (Å²) in [6.07, 6.45) is -0.902. The zero-order valence-electron chi connectivity index (χ0n) is 16.8. The summed E-state index contributed by atoms with van der Waals surface area (Å²) in [4.78, 5) is 50.0. The molecule has 1 saturated heterocycles. The number of nitrogens with zero attached hydrogens (tertiary/aromatic N) is 1. The number of anilines is 1. The molecular formula is C22H21ClN2O6. The van der Waals surface area contributed by atoms with Gasteiger partial charge in [0.25, 0.3) is 5.91 Å². The predicted molar refractivity (Wildman–Crippen MR) is 113 cm³/mol. The molecule has 1 heterocycles. The van der Waals surface area contributed by atoms with Crippen molar-refractivity contribution in [3.63, 3.8) is 0 Å². The van der Waals surface area contributed by atoms with E-state index < -0.39 is 24.5 Å². The fourth-order valence-corrected chi connectivity index (χ4v) is 3.20. The van der Waals surface area contributed by atoms with E-state index in [9.17, 15) is 19.2 Å². The monoisotopic (exact) mass is 444 g/mol. The smallest absolute Gasteiger partial charge is 0.338 e. The van der Waals surface area contributed by atoms with Gasteiger partial charge in [0.2, 0.25) is 11.7 Å². The number of carbonyl (C=O) groups is 4. The summed E-state index contributed by atoms with van der Waals surface area (Å²) in [5.74, 6) is -1.70. The summed E-state index contributed by atoms with van der Waals surface area (Å²) in [7, 11) is 1.66. The van der Waals surface area contributed by atoms with Crippen LogP contribution in [-0.4, -0.2) is 61.4 Å². The predicted octanol–water partition coefficient (Wildman–Crippen LogP) is 2.57. The second-order valence-electron chi connectivity index (χ2n) is 6.93. The summed E-state index contributed by atoms with van der Waals surface area (Å²) < 4.78 is 10.4. The fraction of sp³-hybridized carbons (Fsp3) is 0.273. The lowest BCUT2D eigenvalue weighted by atomic mass is 10.1. The molecule has 9 heteroatoms. The molecule has 1 aliphatic rings. The maximum Gasteiger partial charge on any atom is 0.338 e. The van der Waals surface area contributed by atoms with Crippen LogP contribution in [0.4, 0.5) is 5.69 Å². The van der Waals surface area contributed by atoms with E-state index in [1.165, 1.54) is 29.2 Å². The highest BCUT2D eigenvalue weighted by atomic mass is 35.5. The molecule has 2 aromatic carbocycles. The van der Waals surface area contributed by atoms with Crippen LogP contribution in [-0.2, 0) is 19.1 Å². The van der Waals surface area contributed by atoms with Crippen LogP contribution in [0, 0.1) is 0 Å². The van der Waals surface area contributed by atoms with Gasteiger partial charge in [-0.25, -0.2) is 4.79 Å². The Balaban J connectivity index is 1.50. The largest absolute Gasteiger partial charge is 0.454 e. The van der Waals surface area contributed by atoms with E-state index in [4.69, 9.17) is 21.1 Å². The number of carbonyl (C=O) groups excluding carboxylic acids is 4. The Morgan fingerprint density at radius 2 is 1.87 bits per heavy atom. The SMILES string of the molecule is CN1CCOC(CC(=O)Nc2ccc(C(=O)OCC(=O)c3ccccc3Cl)cc2)C1=O. The van der Waals surface area contributed by atoms with Crippen LogP contribution in [0.1, 0.15) is 27.1 Å². The standard InChI is InChI=1S/C22H21ClN2O6/c1-25-10-11-30-19(21(25)28)12-20(27)24-15-8-6-14(7-9-15)22(29)31-13-18(26)16-4-2-3-5-17(16)23/h2-9,19H,10-13H2,1H3,(H,24,27). The number of Topliss-reactive ketones (excluding diaryl/α,β-unsaturated/α-hetero) is 1. The summed E-state index contributed by atoms with van der Waals surface area (Å²) in [5.41, 5.74) is 0.948. The Morgan fingerprint density at radius 1 is 1.16 bits per heavy atom. The summed E-state index contributed by atoms with van der Waals surface area (Å²) in [6.45, 7) is 0.444. The minimum absolute atomic E-state index is 0.100. The van der Waals surface area contributed by atoms with Gasteiger partial charge >= 0.3 is 5.97 Å². The molecule has 1 N–H and O–H groups in total. The Bertz CT molecular complexity index is 992. The third kappa shape index (κ3) is 5.90. The van der Waals surface area contributed by atoms with Crippen LogP contribution < -0.4 is 5.32 Å². The highest BCUT2D eigenvalue weighted by Gasteiger charge is 2.29. The lowest BCUT2D eigenvalue weighted by molar-refractivity contribution is -0.153. The maximum absolute atomic E-state index is 12.2. The Hall–Kier alpha value is -3.23. The molecule has 3 rings (SSSR count). The van der Waals surface area contributed by atoms with E-state index in [1.807, 2.05) is 0 Å². The van der Waals surface area contributed by atoms with Gasteiger partial charge in [-0.3, -0.25) is 14.4 Å². The normalized spacial score (nSPS) is 16.0. The molecule has 1 fully saturated rings. The van der Waals surface area contributed by atoms with E-state index in [1.54, 1.807) is 31.3 Å². The quantitative estimate of drug-likeness (QED) is 0.520. The van der Waals surface area contributed by atoms with Crippen LogP contribution in [0.3, 0.4) is 0 Å². The molecule has 0 saturated carbocycles. The van der Waals surface area contributed by atoms with Gasteiger partial charge in [-0.05, 0) is 36.4 Å². The number of morpholine rings is 1. The van der Waals surface area contributed by atoms with Crippen molar-refractivity contribution in [3.05, 3.63) is 64.7 Å². The van der Waals surface area contributed by atoms with Gasteiger partial charge < -0.3 is 19.7 Å². The third-order valence-corrected chi connectivity index (χ3v) is 5.01. The molecule has 162 valence electrons. The minimum atomic E-state index is -0.802. The molecule has 2 aromatic rings. The fourth-order valence-electron chi connectivity index (χ4n) is 2.95. The molecule has 1 aliphatic heterocycles. The van der Waals surface area contributed by atoms with Crippen LogP contribution in [0.15, 0.2) is 48.5 Å². The van der Waals surface area contributed by atoms with Crippen LogP contribution >= 0.6 is 11.6 Å². The van der Waals surface area contributed by atoms with Crippen molar-refractivity contribution in [1.82, 2.24) is 4.90 Å². The number of hydrogen-bond donors (Lipinski definition) is 1. The average Bonchev–Trinajstić information content (AvgIpc) is 2.76. The molecule has 31 heavy (non-hydrogen) atoms. The zero-order chi connectivity index (χ0) is 22.4. The molecule has 2 amide bonds. The van der Waals surface area contributed by atoms with E-state index >= 15 is 0 Å². The topological polar surface area (TPSA) is 102 Å². The number of benzene rings is 2. The van der Waals surface area contributed by atoms with Crippen LogP contribution in [0.2, 0.25) is 5.02 Å². The molecule has 1 atom stereocenters. The first-order valence-corrected chi connectivity index (χ1v) is 9.94. The van der Waals surface area contributed by atoms with Crippen LogP contribution in [0.5, 0.6) is 0 Å². The van der Waals surface area contributed by atoms with E-state index in [0.29, 0.717) is 18.8 Å². The van der Waals surface area contributed by atoms with Gasteiger partial charge in [0.1, 0.15) is 6.10 Å². The number of halogens is 1. The number of ketones is 1. The van der Waals surface area contributed by atoms with Crippen molar-refractivity contribution in [2.24, 2.45) is 0 Å². The highest BCUT2D eigenvalue weighted by molar-refractivity contribution is 6.34. The van der Waals surface area contributed by atoms with Gasteiger partial charge in [-0.1, -0.05) is 23.7 Å². The van der Waals surface area contributed by atoms with Gasteiger partial charge in [0.05, 0.1) is 23.6 Å². The number of amides is 2. The van der Waals surface area contributed by atoms with Gasteiger partial charge in [-0.2, -0.15) is 0 Å². The Labute approximate surface area is 184 Å². The molecule has 8 nitrogen and oxygen atoms in total. The molecule has 0 radical (unpaired) electrons. The van der Waals surface area contributed by atoms with Gasteiger partial charge in [-0.15, -0.1) is 0 Å². The van der Waals surface area contributed by atoms with Crippen molar-refractivity contribution in [2.45, 2.75) is 12.5 Å². The number of esters is 1. The molecule has 0 aliphatic carbocycles. The molecular weight excluding hydrogens is 424 g/mol. The van der Waals surface area contributed by atoms with E-state index in [0.717, 1.165) is 0 Å². The molecule has 0 bridgehead atoms.